The predicted octanol–water partition coefficient (Wildman–Crippen LogP) is 3.37. The van der Waals surface area contributed by atoms with Gasteiger partial charge in [-0.05, 0) is 37.1 Å². The number of aromatic nitrogens is 2. The van der Waals surface area contributed by atoms with E-state index in [-0.39, 0.29) is 0 Å². The van der Waals surface area contributed by atoms with E-state index >= 15 is 0 Å². The lowest BCUT2D eigenvalue weighted by atomic mass is 10.2. The Hall–Kier alpha value is -1.29. The van der Waals surface area contributed by atoms with E-state index in [1.807, 2.05) is 6.33 Å². The van der Waals surface area contributed by atoms with Crippen molar-refractivity contribution in [3.8, 4) is 5.69 Å². The lowest BCUT2D eigenvalue weighted by Crippen LogP contribution is -2.17. The maximum absolute atomic E-state index is 4.32. The topological polar surface area (TPSA) is 21.1 Å². The quantitative estimate of drug-likeness (QED) is 0.811. The SMILES string of the molecule is BrCc1cn(-c2ccc(N3CCCC3)cc2)cn1. The highest BCUT2D eigenvalue weighted by Crippen LogP contribution is 2.21. The third kappa shape index (κ3) is 2.29. The fourth-order valence-electron chi connectivity index (χ4n) is 2.38. The highest BCUT2D eigenvalue weighted by Gasteiger charge is 2.11. The highest BCUT2D eigenvalue weighted by atomic mass is 79.9. The molecule has 1 aromatic carbocycles. The zero-order chi connectivity index (χ0) is 12.4. The van der Waals surface area contributed by atoms with Crippen molar-refractivity contribution in [2.75, 3.05) is 18.0 Å². The lowest BCUT2D eigenvalue weighted by Gasteiger charge is -2.17. The van der Waals surface area contributed by atoms with Crippen LogP contribution in [-0.2, 0) is 5.33 Å². The Labute approximate surface area is 116 Å². The van der Waals surface area contributed by atoms with Crippen LogP contribution < -0.4 is 4.90 Å². The van der Waals surface area contributed by atoms with E-state index in [0.29, 0.717) is 0 Å². The Morgan fingerprint density at radius 1 is 1.06 bits per heavy atom. The van der Waals surface area contributed by atoms with Crippen LogP contribution in [0.25, 0.3) is 5.69 Å². The van der Waals surface area contributed by atoms with Gasteiger partial charge in [0.2, 0.25) is 0 Å². The molecule has 2 heterocycles. The third-order valence-electron chi connectivity index (χ3n) is 3.39. The molecule has 0 N–H and O–H groups in total. The molecule has 0 radical (unpaired) electrons. The highest BCUT2D eigenvalue weighted by molar-refractivity contribution is 9.08. The van der Waals surface area contributed by atoms with Gasteiger partial charge in [-0.1, -0.05) is 15.9 Å². The molecule has 1 aliphatic rings. The van der Waals surface area contributed by atoms with Crippen LogP contribution >= 0.6 is 15.9 Å². The van der Waals surface area contributed by atoms with Gasteiger partial charge in [-0.3, -0.25) is 0 Å². The maximum atomic E-state index is 4.32. The monoisotopic (exact) mass is 305 g/mol. The number of nitrogens with zero attached hydrogens (tertiary/aromatic N) is 3. The first-order valence-corrected chi connectivity index (χ1v) is 7.43. The van der Waals surface area contributed by atoms with Crippen molar-refractivity contribution in [1.29, 1.82) is 0 Å². The van der Waals surface area contributed by atoms with E-state index in [4.69, 9.17) is 0 Å². The summed E-state index contributed by atoms with van der Waals surface area (Å²) < 4.78 is 2.06. The number of alkyl halides is 1. The van der Waals surface area contributed by atoms with Gasteiger partial charge in [-0.15, -0.1) is 0 Å². The third-order valence-corrected chi connectivity index (χ3v) is 3.97. The molecular formula is C14H16BrN3. The molecule has 3 nitrogen and oxygen atoms in total. The van der Waals surface area contributed by atoms with Crippen LogP contribution in [0.3, 0.4) is 0 Å². The molecule has 2 aromatic rings. The fourth-order valence-corrected chi connectivity index (χ4v) is 2.67. The second kappa shape index (κ2) is 5.14. The number of rotatable bonds is 3. The summed E-state index contributed by atoms with van der Waals surface area (Å²) in [6, 6.07) is 8.73. The Morgan fingerprint density at radius 2 is 1.72 bits per heavy atom. The van der Waals surface area contributed by atoms with E-state index in [2.05, 4.69) is 60.8 Å². The molecule has 0 amide bonds. The molecule has 0 saturated carbocycles. The average molecular weight is 306 g/mol. The molecule has 3 rings (SSSR count). The summed E-state index contributed by atoms with van der Waals surface area (Å²) >= 11 is 3.42. The van der Waals surface area contributed by atoms with Crippen molar-refractivity contribution in [3.63, 3.8) is 0 Å². The molecular weight excluding hydrogens is 290 g/mol. The van der Waals surface area contributed by atoms with Gasteiger partial charge >= 0.3 is 0 Å². The van der Waals surface area contributed by atoms with Crippen LogP contribution in [0.4, 0.5) is 5.69 Å². The van der Waals surface area contributed by atoms with E-state index < -0.39 is 0 Å². The van der Waals surface area contributed by atoms with Gasteiger partial charge in [0.1, 0.15) is 0 Å². The number of benzene rings is 1. The lowest BCUT2D eigenvalue weighted by molar-refractivity contribution is 0.949. The standard InChI is InChI=1S/C14H16BrN3/c15-9-12-10-18(11-16-12)14-5-3-13(4-6-14)17-7-1-2-8-17/h3-6,10-11H,1-2,7-9H2. The van der Waals surface area contributed by atoms with Crippen molar-refractivity contribution < 1.29 is 0 Å². The minimum Gasteiger partial charge on any atom is -0.372 e. The van der Waals surface area contributed by atoms with Gasteiger partial charge < -0.3 is 9.47 Å². The van der Waals surface area contributed by atoms with Crippen molar-refractivity contribution >= 4 is 21.6 Å². The Bertz CT molecular complexity index is 512. The number of anilines is 1. The minimum absolute atomic E-state index is 0.797. The van der Waals surface area contributed by atoms with Crippen molar-refractivity contribution in [2.24, 2.45) is 0 Å². The van der Waals surface area contributed by atoms with Gasteiger partial charge in [0, 0.05) is 36.0 Å². The minimum atomic E-state index is 0.797. The van der Waals surface area contributed by atoms with Crippen LogP contribution in [-0.4, -0.2) is 22.6 Å². The van der Waals surface area contributed by atoms with Crippen LogP contribution in [0.5, 0.6) is 0 Å². The van der Waals surface area contributed by atoms with Crippen molar-refractivity contribution in [3.05, 3.63) is 42.5 Å². The summed E-state index contributed by atoms with van der Waals surface area (Å²) in [5.41, 5.74) is 3.55. The van der Waals surface area contributed by atoms with Crippen molar-refractivity contribution in [2.45, 2.75) is 18.2 Å². The van der Waals surface area contributed by atoms with Crippen LogP contribution in [0.2, 0.25) is 0 Å². The van der Waals surface area contributed by atoms with Crippen LogP contribution in [0.15, 0.2) is 36.8 Å². The molecule has 18 heavy (non-hydrogen) atoms. The second-order valence-corrected chi connectivity index (χ2v) is 5.18. The first-order chi connectivity index (χ1) is 8.86. The molecule has 0 atom stereocenters. The molecule has 1 aromatic heterocycles. The zero-order valence-corrected chi connectivity index (χ0v) is 11.8. The molecule has 0 unspecified atom stereocenters. The Balaban J connectivity index is 1.81. The number of halogens is 1. The normalized spacial score (nSPS) is 15.3. The van der Waals surface area contributed by atoms with E-state index in [1.165, 1.54) is 31.6 Å². The molecule has 94 valence electrons. The molecule has 1 aliphatic heterocycles. The van der Waals surface area contributed by atoms with Crippen molar-refractivity contribution in [1.82, 2.24) is 9.55 Å². The zero-order valence-electron chi connectivity index (χ0n) is 10.2. The largest absolute Gasteiger partial charge is 0.372 e. The summed E-state index contributed by atoms with van der Waals surface area (Å²) in [5.74, 6) is 0. The first kappa shape index (κ1) is 11.8. The van der Waals surface area contributed by atoms with E-state index in [1.54, 1.807) is 0 Å². The summed E-state index contributed by atoms with van der Waals surface area (Å²) in [7, 11) is 0. The predicted molar refractivity (Wildman–Crippen MR) is 77.6 cm³/mol. The molecule has 0 bridgehead atoms. The molecule has 4 heteroatoms. The first-order valence-electron chi connectivity index (χ1n) is 6.31. The molecule has 0 aliphatic carbocycles. The number of imidazole rings is 1. The smallest absolute Gasteiger partial charge is 0.0995 e. The summed E-state index contributed by atoms with van der Waals surface area (Å²) in [6.07, 6.45) is 6.55. The molecule has 0 spiro atoms. The summed E-state index contributed by atoms with van der Waals surface area (Å²) in [5, 5.41) is 0.797. The van der Waals surface area contributed by atoms with Gasteiger partial charge in [0.25, 0.3) is 0 Å². The second-order valence-electron chi connectivity index (χ2n) is 4.62. The summed E-state index contributed by atoms with van der Waals surface area (Å²) in [6.45, 7) is 2.39. The number of hydrogen-bond acceptors (Lipinski definition) is 2. The van der Waals surface area contributed by atoms with E-state index in [0.717, 1.165) is 16.7 Å². The summed E-state index contributed by atoms with van der Waals surface area (Å²) in [4.78, 5) is 6.76. The van der Waals surface area contributed by atoms with E-state index in [9.17, 15) is 0 Å². The van der Waals surface area contributed by atoms with Gasteiger partial charge in [0.05, 0.1) is 12.0 Å². The Morgan fingerprint density at radius 3 is 2.33 bits per heavy atom. The van der Waals surface area contributed by atoms with Gasteiger partial charge in [-0.25, -0.2) is 4.98 Å². The molecule has 1 fully saturated rings. The molecule has 1 saturated heterocycles. The van der Waals surface area contributed by atoms with Gasteiger partial charge in [0.15, 0.2) is 0 Å². The van der Waals surface area contributed by atoms with Crippen LogP contribution in [0, 0.1) is 0 Å². The van der Waals surface area contributed by atoms with Crippen LogP contribution in [0.1, 0.15) is 18.5 Å². The maximum Gasteiger partial charge on any atom is 0.0995 e. The fraction of sp³-hybridized carbons (Fsp3) is 0.357. The number of hydrogen-bond donors (Lipinski definition) is 0. The Kier molecular flexibility index (Phi) is 3.37. The van der Waals surface area contributed by atoms with Gasteiger partial charge in [-0.2, -0.15) is 0 Å². The average Bonchev–Trinajstić information content (AvgIpc) is 3.10.